The molecular formula is C23H24F2Zr. The van der Waals surface area contributed by atoms with E-state index in [1.165, 1.54) is 22.3 Å². The van der Waals surface area contributed by atoms with E-state index in [0.717, 1.165) is 6.42 Å². The minimum absolute atomic E-state index is 0. The van der Waals surface area contributed by atoms with Crippen LogP contribution in [0.5, 0.6) is 0 Å². The van der Waals surface area contributed by atoms with Crippen LogP contribution < -0.4 is 12.7 Å². The summed E-state index contributed by atoms with van der Waals surface area (Å²) in [7, 11) is 0. The SMILES string of the molecule is CC1=C(C)C(C)(C)[C]([Zr+2][c]2cccc3c2Cc2ccccc2-3)=C1C.[F-].[F-]. The molecule has 0 aromatic heterocycles. The van der Waals surface area contributed by atoms with Gasteiger partial charge in [-0.2, -0.15) is 0 Å². The Kier molecular flexibility index (Phi) is 5.93. The van der Waals surface area contributed by atoms with Crippen molar-refractivity contribution in [3.05, 3.63) is 73.6 Å². The molecule has 3 heteroatoms. The molecule has 2 aliphatic rings. The third kappa shape index (κ3) is 2.99. The Morgan fingerprint density at radius 2 is 1.46 bits per heavy atom. The first-order chi connectivity index (χ1) is 11.4. The van der Waals surface area contributed by atoms with Gasteiger partial charge in [0.2, 0.25) is 0 Å². The van der Waals surface area contributed by atoms with Crippen LogP contribution in [-0.4, -0.2) is 0 Å². The summed E-state index contributed by atoms with van der Waals surface area (Å²) in [5.41, 5.74) is 11.0. The van der Waals surface area contributed by atoms with Crippen LogP contribution in [0.25, 0.3) is 11.1 Å². The van der Waals surface area contributed by atoms with Gasteiger partial charge in [0.15, 0.2) is 0 Å². The van der Waals surface area contributed by atoms with Gasteiger partial charge in [0, 0.05) is 0 Å². The molecule has 0 nitrogen and oxygen atoms in total. The van der Waals surface area contributed by atoms with E-state index in [1.807, 2.05) is 0 Å². The Bertz CT molecular complexity index is 920. The van der Waals surface area contributed by atoms with Gasteiger partial charge >= 0.3 is 158 Å². The first-order valence-corrected chi connectivity index (χ1v) is 11.2. The molecule has 4 rings (SSSR count). The molecule has 0 aliphatic heterocycles. The summed E-state index contributed by atoms with van der Waals surface area (Å²) in [5, 5.41) is 0. The van der Waals surface area contributed by atoms with E-state index in [-0.39, 0.29) is 14.8 Å². The van der Waals surface area contributed by atoms with Crippen LogP contribution in [0.3, 0.4) is 0 Å². The topological polar surface area (TPSA) is 0 Å². The van der Waals surface area contributed by atoms with Crippen LogP contribution >= 0.6 is 0 Å². The average Bonchev–Trinajstić information content (AvgIpc) is 3.02. The number of allylic oxidation sites excluding steroid dienone is 4. The third-order valence-corrected chi connectivity index (χ3v) is 11.1. The van der Waals surface area contributed by atoms with E-state index in [0.29, 0.717) is 0 Å². The summed E-state index contributed by atoms with van der Waals surface area (Å²) in [6, 6.07) is 15.9. The fourth-order valence-electron chi connectivity index (χ4n) is 4.25. The summed E-state index contributed by atoms with van der Waals surface area (Å²) in [4.78, 5) is 0. The van der Waals surface area contributed by atoms with Crippen LogP contribution in [-0.2, 0) is 29.7 Å². The van der Waals surface area contributed by atoms with Crippen molar-refractivity contribution in [3.8, 4) is 11.1 Å². The Morgan fingerprint density at radius 3 is 2.12 bits per heavy atom. The number of hydrogen-bond acceptors (Lipinski definition) is 0. The molecule has 0 N–H and O–H groups in total. The van der Waals surface area contributed by atoms with Gasteiger partial charge in [0.1, 0.15) is 0 Å². The number of rotatable bonds is 2. The van der Waals surface area contributed by atoms with Crippen LogP contribution in [0.4, 0.5) is 0 Å². The second-order valence-corrected chi connectivity index (χ2v) is 10.8. The molecule has 0 atom stereocenters. The molecule has 2 aromatic rings. The second-order valence-electron chi connectivity index (χ2n) is 7.67. The fourth-order valence-corrected chi connectivity index (χ4v) is 8.43. The maximum Gasteiger partial charge on any atom is -1.00 e. The Balaban J connectivity index is 0.00000121. The maximum absolute atomic E-state index is 2.43. The van der Waals surface area contributed by atoms with Crippen molar-refractivity contribution >= 4 is 3.27 Å². The normalized spacial score (nSPS) is 16.5. The smallest absolute Gasteiger partial charge is 1.00 e. The first kappa shape index (κ1) is 21.0. The zero-order valence-corrected chi connectivity index (χ0v) is 18.5. The van der Waals surface area contributed by atoms with Crippen molar-refractivity contribution in [2.75, 3.05) is 0 Å². The molecule has 0 bridgehead atoms. The van der Waals surface area contributed by atoms with E-state index >= 15 is 0 Å². The van der Waals surface area contributed by atoms with Crippen molar-refractivity contribution in [3.63, 3.8) is 0 Å². The van der Waals surface area contributed by atoms with Gasteiger partial charge in [-0.15, -0.1) is 0 Å². The second kappa shape index (κ2) is 7.35. The molecule has 26 heavy (non-hydrogen) atoms. The molecule has 134 valence electrons. The molecule has 0 radical (unpaired) electrons. The summed E-state index contributed by atoms with van der Waals surface area (Å²) >= 11 is -0.790. The van der Waals surface area contributed by atoms with Crippen LogP contribution in [0, 0.1) is 5.41 Å². The summed E-state index contributed by atoms with van der Waals surface area (Å²) in [6.45, 7) is 11.8. The van der Waals surface area contributed by atoms with Crippen LogP contribution in [0.2, 0.25) is 0 Å². The Hall–Kier alpha value is -1.34. The average molecular weight is 430 g/mol. The first-order valence-electron chi connectivity index (χ1n) is 8.78. The molecule has 0 spiro atoms. The van der Waals surface area contributed by atoms with E-state index in [2.05, 4.69) is 77.1 Å². The minimum atomic E-state index is -0.790. The molecule has 0 amide bonds. The Morgan fingerprint density at radius 1 is 0.808 bits per heavy atom. The number of hydrogen-bond donors (Lipinski definition) is 0. The summed E-state index contributed by atoms with van der Waals surface area (Å²) in [5.74, 6) is 0. The molecule has 2 aliphatic carbocycles. The Labute approximate surface area is 166 Å². The zero-order valence-electron chi connectivity index (χ0n) is 16.0. The molecular weight excluding hydrogens is 405 g/mol. The van der Waals surface area contributed by atoms with Crippen molar-refractivity contribution in [1.82, 2.24) is 0 Å². The van der Waals surface area contributed by atoms with Gasteiger partial charge in [-0.3, -0.25) is 0 Å². The van der Waals surface area contributed by atoms with Crippen molar-refractivity contribution in [2.24, 2.45) is 5.41 Å². The molecule has 0 unspecified atom stereocenters. The van der Waals surface area contributed by atoms with Crippen molar-refractivity contribution in [2.45, 2.75) is 41.0 Å². The van der Waals surface area contributed by atoms with Gasteiger partial charge in [-0.25, -0.2) is 0 Å². The van der Waals surface area contributed by atoms with E-state index in [9.17, 15) is 0 Å². The quantitative estimate of drug-likeness (QED) is 0.521. The minimum Gasteiger partial charge on any atom is -1.00 e. The largest absolute Gasteiger partial charge is 1.00 e. The molecule has 0 saturated carbocycles. The number of halogens is 2. The van der Waals surface area contributed by atoms with Gasteiger partial charge in [-0.1, -0.05) is 0 Å². The van der Waals surface area contributed by atoms with Gasteiger partial charge in [0.05, 0.1) is 0 Å². The monoisotopic (exact) mass is 428 g/mol. The predicted molar refractivity (Wildman–Crippen MR) is 99.2 cm³/mol. The summed E-state index contributed by atoms with van der Waals surface area (Å²) < 4.78 is 3.45. The fraction of sp³-hybridized carbons (Fsp3) is 0.304. The van der Waals surface area contributed by atoms with E-state index in [4.69, 9.17) is 0 Å². The van der Waals surface area contributed by atoms with Crippen LogP contribution in [0.1, 0.15) is 45.7 Å². The molecule has 2 aromatic carbocycles. The van der Waals surface area contributed by atoms with E-state index in [1.54, 1.807) is 23.3 Å². The third-order valence-electron chi connectivity index (χ3n) is 6.17. The van der Waals surface area contributed by atoms with Crippen molar-refractivity contribution in [1.29, 1.82) is 0 Å². The summed E-state index contributed by atoms with van der Waals surface area (Å²) in [6.07, 6.45) is 1.13. The maximum atomic E-state index is 2.43. The standard InChI is InChI=1S/C13H9.C10H15.2FH.Zr/c1-3-7-12-10(5-1)9-11-6-2-4-8-13(11)12;1-7-6-10(4,5)9(3)8(7)2;;;/h1-5,7-8H,9H2;1-5H3;2*1H;/q;;;;+2/p-2. The molecule has 0 heterocycles. The zero-order chi connectivity index (χ0) is 17.1. The number of fused-ring (bicyclic) bond motifs is 3. The van der Waals surface area contributed by atoms with Crippen LogP contribution in [0.15, 0.2) is 62.5 Å². The van der Waals surface area contributed by atoms with Crippen molar-refractivity contribution < 1.29 is 32.6 Å². The molecule has 0 saturated heterocycles. The van der Waals surface area contributed by atoms with E-state index < -0.39 is 23.2 Å². The van der Waals surface area contributed by atoms with Gasteiger partial charge in [0.25, 0.3) is 0 Å². The number of benzene rings is 2. The van der Waals surface area contributed by atoms with Gasteiger partial charge < -0.3 is 9.41 Å². The van der Waals surface area contributed by atoms with Gasteiger partial charge in [-0.05, 0) is 0 Å². The molecule has 0 fully saturated rings. The predicted octanol–water partition coefficient (Wildman–Crippen LogP) is -0.376.